The van der Waals surface area contributed by atoms with Gasteiger partial charge in [-0.2, -0.15) is 0 Å². The number of amides is 3. The molecule has 1 unspecified atom stereocenters. The van der Waals surface area contributed by atoms with E-state index in [1.54, 1.807) is 4.90 Å². The van der Waals surface area contributed by atoms with Crippen molar-refractivity contribution in [2.45, 2.75) is 57.9 Å². The Labute approximate surface area is 113 Å². The number of imide groups is 1. The third kappa shape index (κ3) is 5.28. The molecule has 1 aliphatic rings. The maximum Gasteiger partial charge on any atom is 0.324 e. The lowest BCUT2D eigenvalue weighted by Gasteiger charge is -2.29. The van der Waals surface area contributed by atoms with Gasteiger partial charge in [-0.1, -0.05) is 19.8 Å². The van der Waals surface area contributed by atoms with Gasteiger partial charge in [0.05, 0.1) is 6.42 Å². The molecule has 1 aliphatic heterocycles. The largest absolute Gasteiger partial charge is 0.481 e. The smallest absolute Gasteiger partial charge is 0.324 e. The van der Waals surface area contributed by atoms with Crippen molar-refractivity contribution in [3.63, 3.8) is 0 Å². The number of rotatable bonds is 4. The number of carboxylic acids is 1. The van der Waals surface area contributed by atoms with Crippen LogP contribution in [0.25, 0.3) is 0 Å². The molecule has 6 heteroatoms. The molecule has 0 spiro atoms. The van der Waals surface area contributed by atoms with E-state index in [0.717, 1.165) is 32.1 Å². The van der Waals surface area contributed by atoms with Crippen LogP contribution in [0.1, 0.15) is 51.9 Å². The maximum atomic E-state index is 12.0. The van der Waals surface area contributed by atoms with Crippen LogP contribution in [-0.4, -0.2) is 40.5 Å². The van der Waals surface area contributed by atoms with Gasteiger partial charge in [0.2, 0.25) is 5.91 Å². The number of hydrogen-bond acceptors (Lipinski definition) is 3. The van der Waals surface area contributed by atoms with Crippen molar-refractivity contribution < 1.29 is 19.5 Å². The van der Waals surface area contributed by atoms with Crippen LogP contribution >= 0.6 is 0 Å². The second-order valence-electron chi connectivity index (χ2n) is 4.85. The van der Waals surface area contributed by atoms with Gasteiger partial charge in [0.25, 0.3) is 0 Å². The molecule has 1 atom stereocenters. The Morgan fingerprint density at radius 3 is 2.58 bits per heavy atom. The van der Waals surface area contributed by atoms with E-state index < -0.39 is 11.9 Å². The Balaban J connectivity index is 2.49. The fourth-order valence-corrected chi connectivity index (χ4v) is 2.34. The number of urea groups is 1. The maximum absolute atomic E-state index is 12.0. The van der Waals surface area contributed by atoms with Crippen molar-refractivity contribution in [2.75, 3.05) is 6.54 Å². The third-order valence-electron chi connectivity index (χ3n) is 3.42. The summed E-state index contributed by atoms with van der Waals surface area (Å²) in [5.74, 6) is -1.56. The molecule has 6 nitrogen and oxygen atoms in total. The second kappa shape index (κ2) is 7.76. The SMILES string of the molecule is CCC1CCCCCN1C(=O)NC(=O)CCC(=O)O. The van der Waals surface area contributed by atoms with E-state index >= 15 is 0 Å². The van der Waals surface area contributed by atoms with E-state index in [4.69, 9.17) is 5.11 Å². The van der Waals surface area contributed by atoms with E-state index in [9.17, 15) is 14.4 Å². The summed E-state index contributed by atoms with van der Waals surface area (Å²) < 4.78 is 0. The molecule has 0 radical (unpaired) electrons. The molecule has 108 valence electrons. The van der Waals surface area contributed by atoms with Gasteiger partial charge in [-0.25, -0.2) is 4.79 Å². The molecular weight excluding hydrogens is 248 g/mol. The van der Waals surface area contributed by atoms with Crippen molar-refractivity contribution in [1.82, 2.24) is 10.2 Å². The molecular formula is C13H22N2O4. The van der Waals surface area contributed by atoms with Crippen LogP contribution in [0.4, 0.5) is 4.79 Å². The lowest BCUT2D eigenvalue weighted by Crippen LogP contribution is -2.47. The molecule has 19 heavy (non-hydrogen) atoms. The summed E-state index contributed by atoms with van der Waals surface area (Å²) in [7, 11) is 0. The highest BCUT2D eigenvalue weighted by molar-refractivity contribution is 5.95. The molecule has 1 heterocycles. The number of hydrogen-bond donors (Lipinski definition) is 2. The third-order valence-corrected chi connectivity index (χ3v) is 3.42. The van der Waals surface area contributed by atoms with Gasteiger partial charge in [0.1, 0.15) is 0 Å². The van der Waals surface area contributed by atoms with E-state index in [0.29, 0.717) is 6.54 Å². The fourth-order valence-electron chi connectivity index (χ4n) is 2.34. The van der Waals surface area contributed by atoms with E-state index in [2.05, 4.69) is 5.32 Å². The number of carbonyl (C=O) groups is 3. The first-order chi connectivity index (χ1) is 9.04. The van der Waals surface area contributed by atoms with Crippen molar-refractivity contribution >= 4 is 17.9 Å². The summed E-state index contributed by atoms with van der Waals surface area (Å²) in [5, 5.41) is 10.8. The predicted octanol–water partition coefficient (Wildman–Crippen LogP) is 1.74. The minimum absolute atomic E-state index is 0.161. The molecule has 0 aromatic carbocycles. The quantitative estimate of drug-likeness (QED) is 0.814. The zero-order valence-electron chi connectivity index (χ0n) is 11.4. The van der Waals surface area contributed by atoms with Gasteiger partial charge in [0, 0.05) is 19.0 Å². The van der Waals surface area contributed by atoms with Crippen LogP contribution in [0.2, 0.25) is 0 Å². The molecule has 0 bridgehead atoms. The topological polar surface area (TPSA) is 86.7 Å². The van der Waals surface area contributed by atoms with Crippen LogP contribution < -0.4 is 5.32 Å². The lowest BCUT2D eigenvalue weighted by atomic mass is 10.1. The average Bonchev–Trinajstić information content (AvgIpc) is 2.61. The number of carboxylic acid groups (broad SMARTS) is 1. The van der Waals surface area contributed by atoms with Crippen LogP contribution in [-0.2, 0) is 9.59 Å². The standard InChI is InChI=1S/C13H22N2O4/c1-2-10-6-4-3-5-9-15(10)13(19)14-11(16)7-8-12(17)18/h10H,2-9H2,1H3,(H,17,18)(H,14,16,19). The van der Waals surface area contributed by atoms with Crippen LogP contribution in [0.3, 0.4) is 0 Å². The highest BCUT2D eigenvalue weighted by Crippen LogP contribution is 2.19. The summed E-state index contributed by atoms with van der Waals surface area (Å²) in [6, 6.07) is -0.209. The van der Waals surface area contributed by atoms with Gasteiger partial charge in [-0.3, -0.25) is 14.9 Å². The Morgan fingerprint density at radius 2 is 1.95 bits per heavy atom. The summed E-state index contributed by atoms with van der Waals surface area (Å²) in [6.45, 7) is 2.69. The van der Waals surface area contributed by atoms with Gasteiger partial charge >= 0.3 is 12.0 Å². The summed E-state index contributed by atoms with van der Waals surface area (Å²) in [4.78, 5) is 35.6. The zero-order valence-corrected chi connectivity index (χ0v) is 11.4. The Hall–Kier alpha value is -1.59. The number of carbonyl (C=O) groups excluding carboxylic acids is 2. The van der Waals surface area contributed by atoms with Crippen LogP contribution in [0, 0.1) is 0 Å². The summed E-state index contributed by atoms with van der Waals surface area (Å²) in [5.41, 5.74) is 0. The van der Waals surface area contributed by atoms with Crippen LogP contribution in [0.5, 0.6) is 0 Å². The molecule has 1 saturated heterocycles. The normalized spacial score (nSPS) is 19.6. The van der Waals surface area contributed by atoms with Crippen molar-refractivity contribution in [3.05, 3.63) is 0 Å². The Bertz CT molecular complexity index is 344. The lowest BCUT2D eigenvalue weighted by molar-refractivity contribution is -0.138. The monoisotopic (exact) mass is 270 g/mol. The molecule has 0 aliphatic carbocycles. The Kier molecular flexibility index (Phi) is 6.32. The zero-order chi connectivity index (χ0) is 14.3. The van der Waals surface area contributed by atoms with Gasteiger partial charge in [0.15, 0.2) is 0 Å². The van der Waals surface area contributed by atoms with Crippen molar-refractivity contribution in [3.8, 4) is 0 Å². The summed E-state index contributed by atoms with van der Waals surface area (Å²) >= 11 is 0. The Morgan fingerprint density at radius 1 is 1.21 bits per heavy atom. The van der Waals surface area contributed by atoms with Gasteiger partial charge in [-0.15, -0.1) is 0 Å². The van der Waals surface area contributed by atoms with Gasteiger partial charge < -0.3 is 10.0 Å². The minimum Gasteiger partial charge on any atom is -0.481 e. The van der Waals surface area contributed by atoms with Crippen LogP contribution in [0.15, 0.2) is 0 Å². The minimum atomic E-state index is -1.04. The van der Waals surface area contributed by atoms with E-state index in [1.807, 2.05) is 6.92 Å². The van der Waals surface area contributed by atoms with Crippen molar-refractivity contribution in [1.29, 1.82) is 0 Å². The molecule has 0 saturated carbocycles. The average molecular weight is 270 g/mol. The first-order valence-corrected chi connectivity index (χ1v) is 6.86. The number of nitrogens with zero attached hydrogens (tertiary/aromatic N) is 1. The molecule has 1 fully saturated rings. The number of aliphatic carboxylic acids is 1. The highest BCUT2D eigenvalue weighted by Gasteiger charge is 2.25. The first-order valence-electron chi connectivity index (χ1n) is 6.86. The fraction of sp³-hybridized carbons (Fsp3) is 0.769. The van der Waals surface area contributed by atoms with E-state index in [1.165, 1.54) is 0 Å². The molecule has 0 aromatic rings. The second-order valence-corrected chi connectivity index (χ2v) is 4.85. The molecule has 2 N–H and O–H groups in total. The number of nitrogens with one attached hydrogen (secondary N) is 1. The van der Waals surface area contributed by atoms with E-state index in [-0.39, 0.29) is 24.9 Å². The summed E-state index contributed by atoms with van der Waals surface area (Å²) in [6.07, 6.45) is 4.59. The van der Waals surface area contributed by atoms with Crippen molar-refractivity contribution in [2.24, 2.45) is 0 Å². The molecule has 1 rings (SSSR count). The predicted molar refractivity (Wildman–Crippen MR) is 69.7 cm³/mol. The van der Waals surface area contributed by atoms with Gasteiger partial charge in [-0.05, 0) is 19.3 Å². The highest BCUT2D eigenvalue weighted by atomic mass is 16.4. The first kappa shape index (κ1) is 15.5. The molecule has 0 aromatic heterocycles. The number of likely N-dealkylation sites (tertiary alicyclic amines) is 1. The molecule has 3 amide bonds.